The molecule has 1 fully saturated rings. The highest BCUT2D eigenvalue weighted by Gasteiger charge is 2.44. The third kappa shape index (κ3) is 2.39. The molecule has 1 aliphatic rings. The predicted octanol–water partition coefficient (Wildman–Crippen LogP) is 2.94. The van der Waals surface area contributed by atoms with E-state index < -0.39 is 5.60 Å². The van der Waals surface area contributed by atoms with Crippen LogP contribution in [-0.2, 0) is 12.1 Å². The number of hydrogen-bond donors (Lipinski definition) is 1. The number of rotatable bonds is 2. The first-order chi connectivity index (χ1) is 7.86. The summed E-state index contributed by atoms with van der Waals surface area (Å²) in [6.45, 7) is 9.62. The molecule has 0 amide bonds. The summed E-state index contributed by atoms with van der Waals surface area (Å²) < 4.78 is 1.92. The minimum Gasteiger partial charge on any atom is -0.384 e. The fourth-order valence-electron chi connectivity index (χ4n) is 3.70. The van der Waals surface area contributed by atoms with Gasteiger partial charge in [-0.1, -0.05) is 20.8 Å². The van der Waals surface area contributed by atoms with Gasteiger partial charge in [0.05, 0.1) is 5.69 Å². The van der Waals surface area contributed by atoms with Crippen molar-refractivity contribution in [2.75, 3.05) is 0 Å². The Balaban J connectivity index is 2.35. The van der Waals surface area contributed by atoms with Gasteiger partial charge >= 0.3 is 0 Å². The summed E-state index contributed by atoms with van der Waals surface area (Å²) >= 11 is 0. The van der Waals surface area contributed by atoms with E-state index in [4.69, 9.17) is 0 Å². The van der Waals surface area contributed by atoms with Gasteiger partial charge in [-0.25, -0.2) is 0 Å². The second kappa shape index (κ2) is 4.13. The Hall–Kier alpha value is -0.830. The monoisotopic (exact) mass is 236 g/mol. The van der Waals surface area contributed by atoms with Crippen LogP contribution in [0.4, 0.5) is 0 Å². The maximum atomic E-state index is 11.0. The molecule has 0 aliphatic heterocycles. The van der Waals surface area contributed by atoms with Crippen LogP contribution in [0.3, 0.4) is 0 Å². The van der Waals surface area contributed by atoms with Crippen LogP contribution in [0, 0.1) is 11.3 Å². The van der Waals surface area contributed by atoms with Crippen LogP contribution >= 0.6 is 0 Å². The molecule has 2 atom stereocenters. The van der Waals surface area contributed by atoms with E-state index in [0.717, 1.165) is 25.1 Å². The molecule has 1 aromatic rings. The van der Waals surface area contributed by atoms with E-state index in [2.05, 4.69) is 32.8 Å². The molecule has 0 aromatic carbocycles. The van der Waals surface area contributed by atoms with E-state index in [1.54, 1.807) is 6.20 Å². The first-order valence-corrected chi connectivity index (χ1v) is 6.61. The van der Waals surface area contributed by atoms with Crippen molar-refractivity contribution in [3.63, 3.8) is 0 Å². The van der Waals surface area contributed by atoms with Crippen LogP contribution in [0.2, 0.25) is 0 Å². The van der Waals surface area contributed by atoms with Crippen LogP contribution in [0.5, 0.6) is 0 Å². The molecule has 1 aromatic heterocycles. The normalized spacial score (nSPS) is 32.6. The number of aryl methyl sites for hydroxylation is 1. The van der Waals surface area contributed by atoms with Crippen molar-refractivity contribution in [2.45, 2.75) is 59.1 Å². The molecule has 2 rings (SSSR count). The maximum absolute atomic E-state index is 11.0. The third-order valence-electron chi connectivity index (χ3n) is 3.85. The molecule has 1 aliphatic carbocycles. The van der Waals surface area contributed by atoms with Gasteiger partial charge in [0.25, 0.3) is 0 Å². The first-order valence-electron chi connectivity index (χ1n) is 6.61. The summed E-state index contributed by atoms with van der Waals surface area (Å²) in [5.41, 5.74) is 0.489. The van der Waals surface area contributed by atoms with Crippen molar-refractivity contribution < 1.29 is 5.11 Å². The Morgan fingerprint density at radius 1 is 1.47 bits per heavy atom. The van der Waals surface area contributed by atoms with Crippen molar-refractivity contribution in [3.05, 3.63) is 18.0 Å². The zero-order valence-electron chi connectivity index (χ0n) is 11.4. The lowest BCUT2D eigenvalue weighted by molar-refractivity contribution is -0.0693. The SMILES string of the molecule is CCn1nccc1C1(O)CC(C)CC(C)(C)C1. The van der Waals surface area contributed by atoms with Crippen molar-refractivity contribution >= 4 is 0 Å². The second-order valence-electron chi connectivity index (χ2n) is 6.42. The van der Waals surface area contributed by atoms with Crippen molar-refractivity contribution in [1.29, 1.82) is 0 Å². The number of aliphatic hydroxyl groups is 1. The molecule has 1 N–H and O–H groups in total. The Labute approximate surface area is 104 Å². The van der Waals surface area contributed by atoms with E-state index in [9.17, 15) is 5.11 Å². The molecular weight excluding hydrogens is 212 g/mol. The largest absolute Gasteiger partial charge is 0.384 e. The van der Waals surface area contributed by atoms with Crippen molar-refractivity contribution in [2.24, 2.45) is 11.3 Å². The van der Waals surface area contributed by atoms with Gasteiger partial charge in [0.2, 0.25) is 0 Å². The summed E-state index contributed by atoms with van der Waals surface area (Å²) in [5, 5.41) is 15.3. The topological polar surface area (TPSA) is 38.0 Å². The third-order valence-corrected chi connectivity index (χ3v) is 3.85. The first kappa shape index (κ1) is 12.6. The van der Waals surface area contributed by atoms with Crippen LogP contribution < -0.4 is 0 Å². The van der Waals surface area contributed by atoms with Gasteiger partial charge in [0, 0.05) is 12.7 Å². The smallest absolute Gasteiger partial charge is 0.107 e. The summed E-state index contributed by atoms with van der Waals surface area (Å²) in [6.07, 6.45) is 4.66. The van der Waals surface area contributed by atoms with E-state index in [1.165, 1.54) is 6.42 Å². The highest BCUT2D eigenvalue weighted by molar-refractivity contribution is 5.15. The van der Waals surface area contributed by atoms with Gasteiger partial charge < -0.3 is 5.11 Å². The molecule has 0 spiro atoms. The van der Waals surface area contributed by atoms with Crippen LogP contribution in [0.25, 0.3) is 0 Å². The van der Waals surface area contributed by atoms with Gasteiger partial charge in [0.1, 0.15) is 5.60 Å². The van der Waals surface area contributed by atoms with Gasteiger partial charge in [-0.3, -0.25) is 4.68 Å². The predicted molar refractivity (Wildman–Crippen MR) is 68.6 cm³/mol. The summed E-state index contributed by atoms with van der Waals surface area (Å²) in [6, 6.07) is 1.97. The number of hydrogen-bond acceptors (Lipinski definition) is 2. The Morgan fingerprint density at radius 3 is 2.76 bits per heavy atom. The maximum Gasteiger partial charge on any atom is 0.107 e. The quantitative estimate of drug-likeness (QED) is 0.857. The van der Waals surface area contributed by atoms with Crippen molar-refractivity contribution in [3.8, 4) is 0 Å². The van der Waals surface area contributed by atoms with Crippen molar-refractivity contribution in [1.82, 2.24) is 9.78 Å². The highest BCUT2D eigenvalue weighted by Crippen LogP contribution is 2.48. The fraction of sp³-hybridized carbons (Fsp3) is 0.786. The average molecular weight is 236 g/mol. The summed E-state index contributed by atoms with van der Waals surface area (Å²) in [4.78, 5) is 0. The highest BCUT2D eigenvalue weighted by atomic mass is 16.3. The summed E-state index contributed by atoms with van der Waals surface area (Å²) in [7, 11) is 0. The zero-order valence-corrected chi connectivity index (χ0v) is 11.4. The van der Waals surface area contributed by atoms with Crippen LogP contribution in [0.15, 0.2) is 12.3 Å². The fourth-order valence-corrected chi connectivity index (χ4v) is 3.70. The molecule has 0 bridgehead atoms. The second-order valence-corrected chi connectivity index (χ2v) is 6.42. The lowest BCUT2D eigenvalue weighted by atomic mass is 9.65. The minimum atomic E-state index is -0.701. The van der Waals surface area contributed by atoms with Crippen LogP contribution in [-0.4, -0.2) is 14.9 Å². The summed E-state index contributed by atoms with van der Waals surface area (Å²) in [5.74, 6) is 0.559. The Bertz CT molecular complexity index is 397. The lowest BCUT2D eigenvalue weighted by Gasteiger charge is -2.44. The van der Waals surface area contributed by atoms with E-state index in [0.29, 0.717) is 5.92 Å². The molecule has 1 saturated carbocycles. The van der Waals surface area contributed by atoms with Gasteiger partial charge in [0.15, 0.2) is 0 Å². The molecule has 2 unspecified atom stereocenters. The molecule has 17 heavy (non-hydrogen) atoms. The molecule has 3 nitrogen and oxygen atoms in total. The standard InChI is InChI=1S/C14H24N2O/c1-5-16-12(6-7-15-16)14(17)9-11(2)8-13(3,4)10-14/h6-7,11,17H,5,8-10H2,1-4H3. The van der Waals surface area contributed by atoms with Crippen LogP contribution in [0.1, 0.15) is 52.7 Å². The number of aromatic nitrogens is 2. The molecule has 96 valence electrons. The molecule has 0 saturated heterocycles. The van der Waals surface area contributed by atoms with E-state index in [1.807, 2.05) is 10.7 Å². The minimum absolute atomic E-state index is 0.204. The van der Waals surface area contributed by atoms with E-state index in [-0.39, 0.29) is 5.41 Å². The van der Waals surface area contributed by atoms with Gasteiger partial charge in [-0.2, -0.15) is 5.10 Å². The molecule has 1 heterocycles. The average Bonchev–Trinajstić information content (AvgIpc) is 2.61. The van der Waals surface area contributed by atoms with E-state index >= 15 is 0 Å². The lowest BCUT2D eigenvalue weighted by Crippen LogP contribution is -2.41. The van der Waals surface area contributed by atoms with Gasteiger partial charge in [-0.15, -0.1) is 0 Å². The zero-order chi connectivity index (χ0) is 12.7. The Kier molecular flexibility index (Phi) is 3.06. The molecule has 0 radical (unpaired) electrons. The Morgan fingerprint density at radius 2 is 2.18 bits per heavy atom. The molecular formula is C14H24N2O. The number of nitrogens with zero attached hydrogens (tertiary/aromatic N) is 2. The van der Waals surface area contributed by atoms with Gasteiger partial charge in [-0.05, 0) is 43.6 Å². The molecule has 3 heteroatoms.